The number of rotatable bonds is 2. The molecule has 2 aliphatic heterocycles. The van der Waals surface area contributed by atoms with Crippen molar-refractivity contribution < 1.29 is 8.91 Å². The molecule has 80 valence electrons. The monoisotopic (exact) mass is 218 g/mol. The van der Waals surface area contributed by atoms with Crippen LogP contribution in [0.25, 0.3) is 0 Å². The van der Waals surface area contributed by atoms with Crippen LogP contribution in [0, 0.1) is 0 Å². The zero-order chi connectivity index (χ0) is 11.8. The van der Waals surface area contributed by atoms with E-state index in [1.807, 2.05) is 6.08 Å². The molecule has 1 fully saturated rings. The van der Waals surface area contributed by atoms with Gasteiger partial charge in [-0.05, 0) is 25.7 Å². The Labute approximate surface area is 95.8 Å². The number of hydrogen-bond donors (Lipinski definition) is 1. The summed E-state index contributed by atoms with van der Waals surface area (Å²) in [6.07, 6.45) is 5.61. The number of fused-ring (bicyclic) bond motifs is 2. The molecule has 0 radical (unpaired) electrons. The molecule has 0 aliphatic carbocycles. The van der Waals surface area contributed by atoms with Crippen LogP contribution in [0.2, 0.25) is 0 Å². The Morgan fingerprint density at radius 2 is 2.50 bits per heavy atom. The molecule has 0 aromatic heterocycles. The Kier molecular flexibility index (Phi) is 2.79. The molecule has 2 nitrogen and oxygen atoms in total. The molecule has 0 unspecified atom stereocenters. The molecule has 0 amide bonds. The minimum Gasteiger partial charge on any atom is -0.307 e. The van der Waals surface area contributed by atoms with Gasteiger partial charge < -0.3 is 5.32 Å². The van der Waals surface area contributed by atoms with Crippen molar-refractivity contribution in [3.05, 3.63) is 11.6 Å². The number of carbonyl (C=O) groups excluding carboxylic acids is 1. The number of nitrogens with one attached hydrogen (secondary N) is 1. The summed E-state index contributed by atoms with van der Waals surface area (Å²) in [6.45, 7) is -2.15. The van der Waals surface area contributed by atoms with E-state index in [4.69, 9.17) is 4.11 Å². The first kappa shape index (κ1) is 7.89. The normalized spacial score (nSPS) is 34.3. The SMILES string of the molecule is Cl.[2H]C([2H])([2H])CC(=O)C1=CCC[C@@H]2CC[C@H]1N2. The average molecular weight is 219 g/mol. The van der Waals surface area contributed by atoms with Gasteiger partial charge in [0.15, 0.2) is 5.78 Å². The highest BCUT2D eigenvalue weighted by Crippen LogP contribution is 2.26. The third kappa shape index (κ3) is 2.18. The molecule has 2 atom stereocenters. The Morgan fingerprint density at radius 3 is 3.29 bits per heavy atom. The van der Waals surface area contributed by atoms with E-state index in [-0.39, 0.29) is 30.7 Å². The first-order chi connectivity index (χ1) is 7.46. The van der Waals surface area contributed by atoms with E-state index in [1.165, 1.54) is 0 Å². The van der Waals surface area contributed by atoms with E-state index >= 15 is 0 Å². The van der Waals surface area contributed by atoms with Crippen molar-refractivity contribution in [3.63, 3.8) is 0 Å². The minimum absolute atomic E-state index is 0. The van der Waals surface area contributed by atoms with E-state index in [2.05, 4.69) is 5.32 Å². The second kappa shape index (κ2) is 4.94. The fraction of sp³-hybridized carbons (Fsp3) is 0.727. The lowest BCUT2D eigenvalue weighted by Gasteiger charge is -2.12. The van der Waals surface area contributed by atoms with Crippen LogP contribution in [-0.2, 0) is 4.79 Å². The largest absolute Gasteiger partial charge is 0.307 e. The molecular weight excluding hydrogens is 198 g/mol. The van der Waals surface area contributed by atoms with Crippen molar-refractivity contribution in [1.29, 1.82) is 0 Å². The van der Waals surface area contributed by atoms with Gasteiger partial charge in [-0.25, -0.2) is 0 Å². The number of carbonyl (C=O) groups is 1. The Balaban J connectivity index is 0.00000144. The quantitative estimate of drug-likeness (QED) is 0.770. The molecule has 0 spiro atoms. The van der Waals surface area contributed by atoms with Crippen LogP contribution in [0.1, 0.15) is 43.1 Å². The van der Waals surface area contributed by atoms with Crippen LogP contribution in [0.5, 0.6) is 0 Å². The summed E-state index contributed by atoms with van der Waals surface area (Å²) in [5.41, 5.74) is 0.705. The fourth-order valence-electron chi connectivity index (χ4n) is 2.28. The molecule has 0 aromatic rings. The maximum Gasteiger partial charge on any atom is 0.159 e. The zero-order valence-corrected chi connectivity index (χ0v) is 8.90. The van der Waals surface area contributed by atoms with Crippen molar-refractivity contribution in [1.82, 2.24) is 5.32 Å². The van der Waals surface area contributed by atoms with Crippen LogP contribution in [0.3, 0.4) is 0 Å². The number of ketones is 1. The van der Waals surface area contributed by atoms with Crippen molar-refractivity contribution in [2.45, 2.75) is 51.0 Å². The van der Waals surface area contributed by atoms with E-state index in [1.54, 1.807) is 0 Å². The minimum atomic E-state index is -2.15. The van der Waals surface area contributed by atoms with Gasteiger partial charge in [0.05, 0.1) is 0 Å². The molecule has 0 saturated carbocycles. The van der Waals surface area contributed by atoms with Gasteiger partial charge in [0, 0.05) is 28.2 Å². The highest BCUT2D eigenvalue weighted by Gasteiger charge is 2.30. The lowest BCUT2D eigenvalue weighted by Crippen LogP contribution is -2.31. The lowest BCUT2D eigenvalue weighted by molar-refractivity contribution is -0.115. The summed E-state index contributed by atoms with van der Waals surface area (Å²) in [4.78, 5) is 11.9. The van der Waals surface area contributed by atoms with Crippen LogP contribution >= 0.6 is 12.4 Å². The molecule has 2 rings (SSSR count). The summed E-state index contributed by atoms with van der Waals surface area (Å²) in [6, 6.07) is 0.613. The van der Waals surface area contributed by atoms with E-state index in [9.17, 15) is 4.79 Å². The highest BCUT2D eigenvalue weighted by molar-refractivity contribution is 5.96. The highest BCUT2D eigenvalue weighted by atomic mass is 35.5. The zero-order valence-electron chi connectivity index (χ0n) is 11.1. The van der Waals surface area contributed by atoms with Crippen molar-refractivity contribution in [2.24, 2.45) is 0 Å². The Bertz CT molecular complexity index is 327. The number of allylic oxidation sites excluding steroid dienone is 1. The van der Waals surface area contributed by atoms with E-state index in [0.29, 0.717) is 11.6 Å². The number of hydrogen-bond acceptors (Lipinski definition) is 2. The smallest absolute Gasteiger partial charge is 0.159 e. The summed E-state index contributed by atoms with van der Waals surface area (Å²) in [5.74, 6) is -0.208. The second-order valence-electron chi connectivity index (χ2n) is 3.83. The van der Waals surface area contributed by atoms with Gasteiger partial charge in [-0.15, -0.1) is 12.4 Å². The molecule has 3 heteroatoms. The molecule has 0 aromatic carbocycles. The molecule has 1 N–H and O–H groups in total. The molecule has 2 aliphatic rings. The third-order valence-electron chi connectivity index (χ3n) is 2.98. The van der Waals surface area contributed by atoms with Gasteiger partial charge in [-0.1, -0.05) is 12.9 Å². The summed E-state index contributed by atoms with van der Waals surface area (Å²) in [5, 5.41) is 3.40. The van der Waals surface area contributed by atoms with Gasteiger partial charge >= 0.3 is 0 Å². The summed E-state index contributed by atoms with van der Waals surface area (Å²) >= 11 is 0. The molecular formula is C11H18ClNO. The number of halogens is 1. The Morgan fingerprint density at radius 1 is 1.64 bits per heavy atom. The van der Waals surface area contributed by atoms with Crippen LogP contribution in [-0.4, -0.2) is 17.9 Å². The van der Waals surface area contributed by atoms with Crippen LogP contribution in [0.15, 0.2) is 11.6 Å². The maximum absolute atomic E-state index is 11.9. The molecule has 2 heterocycles. The predicted molar refractivity (Wildman–Crippen MR) is 59.8 cm³/mol. The second-order valence-corrected chi connectivity index (χ2v) is 3.83. The van der Waals surface area contributed by atoms with Gasteiger partial charge in [0.2, 0.25) is 0 Å². The topological polar surface area (TPSA) is 29.1 Å². The first-order valence-electron chi connectivity index (χ1n) is 6.45. The van der Waals surface area contributed by atoms with Crippen molar-refractivity contribution >= 4 is 18.2 Å². The standard InChI is InChI=1S/C11H17NO.ClH/c1-2-11(13)9-5-3-4-8-6-7-10(9)12-8;/h5,8,10,12H,2-4,6-7H2,1H3;1H/t8-,10-;/m1./s1/i1D3;. The van der Waals surface area contributed by atoms with Crippen LogP contribution in [0.4, 0.5) is 0 Å². The van der Waals surface area contributed by atoms with E-state index in [0.717, 1.165) is 25.7 Å². The molecule has 2 bridgehead atoms. The molecule has 1 saturated heterocycles. The van der Waals surface area contributed by atoms with Crippen molar-refractivity contribution in [3.8, 4) is 0 Å². The van der Waals surface area contributed by atoms with Gasteiger partial charge in [0.1, 0.15) is 0 Å². The average Bonchev–Trinajstić information content (AvgIpc) is 2.43. The lowest BCUT2D eigenvalue weighted by atomic mass is 9.96. The maximum atomic E-state index is 11.9. The Hall–Kier alpha value is -0.340. The first-order valence-corrected chi connectivity index (χ1v) is 4.95. The summed E-state index contributed by atoms with van der Waals surface area (Å²) in [7, 11) is 0. The third-order valence-corrected chi connectivity index (χ3v) is 2.98. The predicted octanol–water partition coefficient (Wildman–Crippen LogP) is 2.23. The van der Waals surface area contributed by atoms with Gasteiger partial charge in [-0.2, -0.15) is 0 Å². The fourth-order valence-corrected chi connectivity index (χ4v) is 2.28. The van der Waals surface area contributed by atoms with Gasteiger partial charge in [-0.3, -0.25) is 4.79 Å². The van der Waals surface area contributed by atoms with E-state index < -0.39 is 6.85 Å². The van der Waals surface area contributed by atoms with Gasteiger partial charge in [0.25, 0.3) is 0 Å². The summed E-state index contributed by atoms with van der Waals surface area (Å²) < 4.78 is 21.4. The number of Topliss-reactive ketones (excluding diaryl/α,β-unsaturated/α-hetero) is 1. The van der Waals surface area contributed by atoms with Crippen molar-refractivity contribution in [2.75, 3.05) is 0 Å². The van der Waals surface area contributed by atoms with Crippen LogP contribution < -0.4 is 5.32 Å². The molecule has 14 heavy (non-hydrogen) atoms.